The van der Waals surface area contributed by atoms with Gasteiger partial charge in [-0.25, -0.2) is 4.98 Å². The number of aromatic nitrogens is 1. The first-order valence-corrected chi connectivity index (χ1v) is 7.61. The number of amides is 1. The van der Waals surface area contributed by atoms with Gasteiger partial charge in [-0.3, -0.25) is 10.1 Å². The SMILES string of the molecule is O=C(Nc1nc2ccc(OC(F)(F)F)cc2s1)c1cccs1. The second-order valence-electron chi connectivity index (χ2n) is 4.13. The lowest BCUT2D eigenvalue weighted by atomic mass is 10.3. The molecule has 0 aliphatic rings. The van der Waals surface area contributed by atoms with E-state index in [1.54, 1.807) is 17.5 Å². The molecule has 0 saturated heterocycles. The zero-order valence-corrected chi connectivity index (χ0v) is 12.3. The highest BCUT2D eigenvalue weighted by Crippen LogP contribution is 2.31. The smallest absolute Gasteiger partial charge is 0.406 e. The molecule has 4 nitrogen and oxygen atoms in total. The third-order valence-electron chi connectivity index (χ3n) is 2.56. The van der Waals surface area contributed by atoms with Gasteiger partial charge in [0.15, 0.2) is 5.13 Å². The molecule has 0 radical (unpaired) electrons. The van der Waals surface area contributed by atoms with Crippen molar-refractivity contribution < 1.29 is 22.7 Å². The topological polar surface area (TPSA) is 51.2 Å². The van der Waals surface area contributed by atoms with Gasteiger partial charge < -0.3 is 4.74 Å². The van der Waals surface area contributed by atoms with Crippen molar-refractivity contribution in [3.05, 3.63) is 40.6 Å². The molecule has 0 fully saturated rings. The molecule has 2 aromatic heterocycles. The van der Waals surface area contributed by atoms with Gasteiger partial charge in [-0.1, -0.05) is 17.4 Å². The first-order valence-electron chi connectivity index (χ1n) is 5.92. The van der Waals surface area contributed by atoms with Crippen molar-refractivity contribution in [1.29, 1.82) is 0 Å². The summed E-state index contributed by atoms with van der Waals surface area (Å²) in [6.07, 6.45) is -4.74. The average Bonchev–Trinajstić information content (AvgIpc) is 3.04. The van der Waals surface area contributed by atoms with Crippen LogP contribution in [-0.2, 0) is 0 Å². The lowest BCUT2D eigenvalue weighted by molar-refractivity contribution is -0.274. The van der Waals surface area contributed by atoms with E-state index in [1.165, 1.54) is 29.5 Å². The number of carbonyl (C=O) groups is 1. The van der Waals surface area contributed by atoms with Gasteiger partial charge in [0.1, 0.15) is 5.75 Å². The van der Waals surface area contributed by atoms with E-state index in [2.05, 4.69) is 15.0 Å². The van der Waals surface area contributed by atoms with Crippen LogP contribution < -0.4 is 10.1 Å². The summed E-state index contributed by atoms with van der Waals surface area (Å²) in [6, 6.07) is 7.25. The Hall–Kier alpha value is -2.13. The van der Waals surface area contributed by atoms with E-state index in [9.17, 15) is 18.0 Å². The lowest BCUT2D eigenvalue weighted by Crippen LogP contribution is -2.16. The number of hydrogen-bond donors (Lipinski definition) is 1. The highest BCUT2D eigenvalue weighted by Gasteiger charge is 2.31. The molecule has 1 N–H and O–H groups in total. The molecule has 0 aliphatic carbocycles. The van der Waals surface area contributed by atoms with E-state index < -0.39 is 6.36 Å². The molecule has 3 aromatic rings. The molecule has 1 amide bonds. The number of rotatable bonds is 3. The number of nitrogens with one attached hydrogen (secondary N) is 1. The van der Waals surface area contributed by atoms with Crippen molar-refractivity contribution in [1.82, 2.24) is 4.98 Å². The van der Waals surface area contributed by atoms with Crippen molar-refractivity contribution in [2.24, 2.45) is 0 Å². The average molecular weight is 344 g/mol. The van der Waals surface area contributed by atoms with E-state index in [4.69, 9.17) is 0 Å². The van der Waals surface area contributed by atoms with Gasteiger partial charge in [0.25, 0.3) is 5.91 Å². The van der Waals surface area contributed by atoms with Crippen LogP contribution in [0.25, 0.3) is 10.2 Å². The molecule has 0 spiro atoms. The molecule has 0 unspecified atom stereocenters. The Labute approximate surface area is 130 Å². The lowest BCUT2D eigenvalue weighted by Gasteiger charge is -2.07. The largest absolute Gasteiger partial charge is 0.573 e. The number of hydrogen-bond acceptors (Lipinski definition) is 5. The van der Waals surface area contributed by atoms with E-state index in [0.717, 1.165) is 11.3 Å². The molecular weight excluding hydrogens is 337 g/mol. The molecule has 0 bridgehead atoms. The van der Waals surface area contributed by atoms with Crippen LogP contribution >= 0.6 is 22.7 Å². The van der Waals surface area contributed by atoms with Gasteiger partial charge in [-0.15, -0.1) is 24.5 Å². The van der Waals surface area contributed by atoms with Crippen LogP contribution in [0.2, 0.25) is 0 Å². The normalized spacial score (nSPS) is 11.6. The van der Waals surface area contributed by atoms with Gasteiger partial charge in [0, 0.05) is 6.07 Å². The minimum absolute atomic E-state index is 0.305. The number of benzene rings is 1. The molecular formula is C13H7F3N2O2S2. The fraction of sp³-hybridized carbons (Fsp3) is 0.0769. The van der Waals surface area contributed by atoms with Gasteiger partial charge in [-0.2, -0.15) is 0 Å². The number of thiazole rings is 1. The highest BCUT2D eigenvalue weighted by molar-refractivity contribution is 7.22. The molecule has 22 heavy (non-hydrogen) atoms. The summed E-state index contributed by atoms with van der Waals surface area (Å²) < 4.78 is 40.9. The van der Waals surface area contributed by atoms with Gasteiger partial charge in [0.2, 0.25) is 0 Å². The predicted molar refractivity (Wildman–Crippen MR) is 78.6 cm³/mol. The van der Waals surface area contributed by atoms with E-state index in [0.29, 0.717) is 20.2 Å². The minimum atomic E-state index is -4.74. The number of nitrogens with zero attached hydrogens (tertiary/aromatic N) is 1. The number of fused-ring (bicyclic) bond motifs is 1. The maximum atomic E-state index is 12.2. The van der Waals surface area contributed by atoms with Crippen LogP contribution in [0.3, 0.4) is 0 Å². The van der Waals surface area contributed by atoms with Crippen molar-refractivity contribution in [2.75, 3.05) is 5.32 Å². The summed E-state index contributed by atoms with van der Waals surface area (Å²) in [5.74, 6) is -0.624. The van der Waals surface area contributed by atoms with Crippen LogP contribution in [0.15, 0.2) is 35.7 Å². The summed E-state index contributed by atoms with van der Waals surface area (Å²) in [4.78, 5) is 16.6. The minimum Gasteiger partial charge on any atom is -0.406 e. The fourth-order valence-electron chi connectivity index (χ4n) is 1.72. The van der Waals surface area contributed by atoms with Crippen molar-refractivity contribution >= 4 is 43.9 Å². The van der Waals surface area contributed by atoms with E-state index >= 15 is 0 Å². The molecule has 0 atom stereocenters. The zero-order chi connectivity index (χ0) is 15.7. The first kappa shape index (κ1) is 14.8. The number of halogens is 3. The summed E-state index contributed by atoms with van der Waals surface area (Å²) in [6.45, 7) is 0. The standard InChI is InChI=1S/C13H7F3N2O2S2/c14-13(15,16)20-7-3-4-8-10(6-7)22-12(17-8)18-11(19)9-2-1-5-21-9/h1-6H,(H,17,18,19). The predicted octanol–water partition coefficient (Wildman–Crippen LogP) is 4.51. The van der Waals surface area contributed by atoms with Gasteiger partial charge >= 0.3 is 6.36 Å². The van der Waals surface area contributed by atoms with Crippen molar-refractivity contribution in [3.63, 3.8) is 0 Å². The fourth-order valence-corrected chi connectivity index (χ4v) is 3.23. The second-order valence-corrected chi connectivity index (χ2v) is 6.11. The van der Waals surface area contributed by atoms with Gasteiger partial charge in [-0.05, 0) is 23.6 Å². The molecule has 2 heterocycles. The van der Waals surface area contributed by atoms with Crippen LogP contribution in [0.5, 0.6) is 5.75 Å². The quantitative estimate of drug-likeness (QED) is 0.761. The summed E-state index contributed by atoms with van der Waals surface area (Å²) in [7, 11) is 0. The summed E-state index contributed by atoms with van der Waals surface area (Å²) in [5, 5.41) is 4.71. The Bertz CT molecular complexity index is 812. The van der Waals surface area contributed by atoms with Gasteiger partial charge in [0.05, 0.1) is 15.1 Å². The van der Waals surface area contributed by atoms with E-state index in [-0.39, 0.29) is 11.7 Å². The second kappa shape index (κ2) is 5.58. The number of alkyl halides is 3. The molecule has 0 aliphatic heterocycles. The number of anilines is 1. The number of carbonyl (C=O) groups excluding carboxylic acids is 1. The maximum Gasteiger partial charge on any atom is 0.573 e. The molecule has 3 rings (SSSR count). The van der Waals surface area contributed by atoms with Crippen molar-refractivity contribution in [2.45, 2.75) is 6.36 Å². The zero-order valence-electron chi connectivity index (χ0n) is 10.7. The maximum absolute atomic E-state index is 12.2. The monoisotopic (exact) mass is 344 g/mol. The Morgan fingerprint density at radius 2 is 2.09 bits per heavy atom. The Morgan fingerprint density at radius 3 is 2.77 bits per heavy atom. The Balaban J connectivity index is 1.82. The van der Waals surface area contributed by atoms with Crippen LogP contribution in [0, 0.1) is 0 Å². The van der Waals surface area contributed by atoms with Crippen LogP contribution in [-0.4, -0.2) is 17.3 Å². The highest BCUT2D eigenvalue weighted by atomic mass is 32.1. The Morgan fingerprint density at radius 1 is 1.27 bits per heavy atom. The molecule has 114 valence electrons. The summed E-state index contributed by atoms with van der Waals surface area (Å²) in [5.41, 5.74) is 0.487. The third kappa shape index (κ3) is 3.37. The number of thiophene rings is 1. The summed E-state index contributed by atoms with van der Waals surface area (Å²) >= 11 is 2.36. The van der Waals surface area contributed by atoms with Crippen LogP contribution in [0.1, 0.15) is 9.67 Å². The van der Waals surface area contributed by atoms with E-state index in [1.807, 2.05) is 0 Å². The number of ether oxygens (including phenoxy) is 1. The third-order valence-corrected chi connectivity index (χ3v) is 4.36. The molecule has 1 aromatic carbocycles. The first-order chi connectivity index (χ1) is 10.4. The van der Waals surface area contributed by atoms with Crippen LogP contribution in [0.4, 0.5) is 18.3 Å². The van der Waals surface area contributed by atoms with Crippen molar-refractivity contribution in [3.8, 4) is 5.75 Å². The molecule has 9 heteroatoms. The molecule has 0 saturated carbocycles. The Kier molecular flexibility index (Phi) is 3.75.